The molecule has 2 atom stereocenters. The van der Waals surface area contributed by atoms with Gasteiger partial charge in [0, 0.05) is 26.2 Å². The summed E-state index contributed by atoms with van der Waals surface area (Å²) < 4.78 is 1.80. The molecule has 0 aliphatic carbocycles. The third-order valence-corrected chi connectivity index (χ3v) is 4.95. The molecule has 2 fully saturated rings. The number of hydrogen-bond donors (Lipinski definition) is 1. The standard InChI is InChI=1S/C15H25N5O/c1-11-8-13(18(3)17-11)20-6-4-12(14(20)21)19-7-5-15(2,9-16)10-19/h8,12H,4-7,9-10,16H2,1-3H3. The van der Waals surface area contributed by atoms with Crippen LogP contribution in [-0.2, 0) is 11.8 Å². The zero-order chi connectivity index (χ0) is 15.2. The maximum absolute atomic E-state index is 12.8. The molecule has 6 heteroatoms. The van der Waals surface area contributed by atoms with Crippen LogP contribution in [0.4, 0.5) is 5.82 Å². The van der Waals surface area contributed by atoms with Crippen LogP contribution < -0.4 is 10.6 Å². The summed E-state index contributed by atoms with van der Waals surface area (Å²) in [5, 5.41) is 4.34. The van der Waals surface area contributed by atoms with Crippen LogP contribution in [0.25, 0.3) is 0 Å². The first-order valence-corrected chi connectivity index (χ1v) is 7.70. The summed E-state index contributed by atoms with van der Waals surface area (Å²) >= 11 is 0. The number of nitrogens with zero attached hydrogens (tertiary/aromatic N) is 4. The van der Waals surface area contributed by atoms with Crippen molar-refractivity contribution < 1.29 is 4.79 Å². The highest BCUT2D eigenvalue weighted by Gasteiger charge is 2.43. The number of hydrogen-bond acceptors (Lipinski definition) is 4. The average molecular weight is 291 g/mol. The van der Waals surface area contributed by atoms with Crippen molar-refractivity contribution in [1.29, 1.82) is 0 Å². The number of likely N-dealkylation sites (tertiary alicyclic amines) is 1. The molecular weight excluding hydrogens is 266 g/mol. The molecule has 0 spiro atoms. The monoisotopic (exact) mass is 291 g/mol. The zero-order valence-corrected chi connectivity index (χ0v) is 13.2. The Bertz CT molecular complexity index is 554. The van der Waals surface area contributed by atoms with E-state index in [-0.39, 0.29) is 17.4 Å². The lowest BCUT2D eigenvalue weighted by atomic mass is 9.90. The van der Waals surface area contributed by atoms with Crippen molar-refractivity contribution in [1.82, 2.24) is 14.7 Å². The molecule has 3 rings (SSSR count). The normalized spacial score (nSPS) is 30.6. The molecular formula is C15H25N5O. The van der Waals surface area contributed by atoms with Crippen molar-refractivity contribution in [2.45, 2.75) is 32.7 Å². The lowest BCUT2D eigenvalue weighted by Crippen LogP contribution is -2.42. The van der Waals surface area contributed by atoms with Crippen LogP contribution in [0, 0.1) is 12.3 Å². The second-order valence-electron chi connectivity index (χ2n) is 6.80. The van der Waals surface area contributed by atoms with Crippen LogP contribution in [-0.4, -0.2) is 52.8 Å². The van der Waals surface area contributed by atoms with Gasteiger partial charge in [-0.25, -0.2) is 0 Å². The Labute approximate surface area is 125 Å². The van der Waals surface area contributed by atoms with Crippen molar-refractivity contribution in [2.75, 3.05) is 31.1 Å². The SMILES string of the molecule is Cc1cc(N2CCC(N3CCC(C)(CN)C3)C2=O)n(C)n1. The number of aromatic nitrogens is 2. The largest absolute Gasteiger partial charge is 0.330 e. The van der Waals surface area contributed by atoms with Crippen LogP contribution in [0.15, 0.2) is 6.07 Å². The molecule has 1 aromatic heterocycles. The molecule has 2 unspecified atom stereocenters. The average Bonchev–Trinajstić information content (AvgIpc) is 3.09. The number of rotatable bonds is 3. The van der Waals surface area contributed by atoms with E-state index >= 15 is 0 Å². The molecule has 6 nitrogen and oxygen atoms in total. The highest BCUT2D eigenvalue weighted by atomic mass is 16.2. The number of carbonyl (C=O) groups excluding carboxylic acids is 1. The predicted molar refractivity (Wildman–Crippen MR) is 82.1 cm³/mol. The fourth-order valence-corrected chi connectivity index (χ4v) is 3.58. The minimum absolute atomic E-state index is 0.00795. The van der Waals surface area contributed by atoms with Crippen molar-refractivity contribution in [2.24, 2.45) is 18.2 Å². The summed E-state index contributed by atoms with van der Waals surface area (Å²) in [5.41, 5.74) is 6.98. The van der Waals surface area contributed by atoms with Gasteiger partial charge >= 0.3 is 0 Å². The fourth-order valence-electron chi connectivity index (χ4n) is 3.58. The van der Waals surface area contributed by atoms with Gasteiger partial charge < -0.3 is 5.73 Å². The van der Waals surface area contributed by atoms with E-state index in [4.69, 9.17) is 5.73 Å². The summed E-state index contributed by atoms with van der Waals surface area (Å²) in [4.78, 5) is 17.0. The summed E-state index contributed by atoms with van der Waals surface area (Å²) in [6.45, 7) is 7.54. The third-order valence-electron chi connectivity index (χ3n) is 4.95. The van der Waals surface area contributed by atoms with Crippen LogP contribution in [0.2, 0.25) is 0 Å². The van der Waals surface area contributed by atoms with E-state index in [2.05, 4.69) is 16.9 Å². The van der Waals surface area contributed by atoms with Crippen molar-refractivity contribution in [3.8, 4) is 0 Å². The Morgan fingerprint density at radius 3 is 2.81 bits per heavy atom. The lowest BCUT2D eigenvalue weighted by Gasteiger charge is -2.26. The predicted octanol–water partition coefficient (Wildman–Crippen LogP) is 0.505. The van der Waals surface area contributed by atoms with E-state index in [9.17, 15) is 4.79 Å². The van der Waals surface area contributed by atoms with E-state index in [0.717, 1.165) is 44.0 Å². The number of carbonyl (C=O) groups is 1. The number of anilines is 1. The molecule has 1 aromatic rings. The first kappa shape index (κ1) is 14.5. The van der Waals surface area contributed by atoms with E-state index in [0.29, 0.717) is 6.54 Å². The van der Waals surface area contributed by atoms with Crippen LogP contribution >= 0.6 is 0 Å². The Hall–Kier alpha value is -1.40. The quantitative estimate of drug-likeness (QED) is 0.881. The molecule has 0 saturated carbocycles. The molecule has 0 radical (unpaired) electrons. The van der Waals surface area contributed by atoms with Gasteiger partial charge in [0.2, 0.25) is 5.91 Å². The van der Waals surface area contributed by atoms with Gasteiger partial charge in [0.05, 0.1) is 11.7 Å². The Balaban J connectivity index is 1.74. The van der Waals surface area contributed by atoms with Crippen molar-refractivity contribution in [3.63, 3.8) is 0 Å². The van der Waals surface area contributed by atoms with Gasteiger partial charge in [-0.05, 0) is 38.3 Å². The lowest BCUT2D eigenvalue weighted by molar-refractivity contribution is -0.121. The summed E-state index contributed by atoms with van der Waals surface area (Å²) in [6.07, 6.45) is 1.97. The van der Waals surface area contributed by atoms with Crippen molar-refractivity contribution in [3.05, 3.63) is 11.8 Å². The topological polar surface area (TPSA) is 67.4 Å². The van der Waals surface area contributed by atoms with E-state index in [1.165, 1.54) is 0 Å². The minimum atomic E-state index is 0.00795. The van der Waals surface area contributed by atoms with Gasteiger partial charge in [0.15, 0.2) is 0 Å². The summed E-state index contributed by atoms with van der Waals surface area (Å²) in [5.74, 6) is 1.11. The second-order valence-corrected chi connectivity index (χ2v) is 6.80. The highest BCUT2D eigenvalue weighted by molar-refractivity contribution is 5.98. The molecule has 1 amide bonds. The van der Waals surface area contributed by atoms with Crippen LogP contribution in [0.5, 0.6) is 0 Å². The third kappa shape index (κ3) is 2.46. The fraction of sp³-hybridized carbons (Fsp3) is 0.733. The number of amides is 1. The first-order chi connectivity index (χ1) is 9.93. The van der Waals surface area contributed by atoms with Gasteiger partial charge in [0.1, 0.15) is 5.82 Å². The molecule has 0 bridgehead atoms. The van der Waals surface area contributed by atoms with Crippen LogP contribution in [0.3, 0.4) is 0 Å². The van der Waals surface area contributed by atoms with Crippen LogP contribution in [0.1, 0.15) is 25.5 Å². The van der Waals surface area contributed by atoms with Gasteiger partial charge in [-0.1, -0.05) is 6.92 Å². The number of aryl methyl sites for hydroxylation is 2. The maximum Gasteiger partial charge on any atom is 0.245 e. The van der Waals surface area contributed by atoms with E-state index < -0.39 is 0 Å². The molecule has 21 heavy (non-hydrogen) atoms. The molecule has 0 aromatic carbocycles. The molecule has 3 heterocycles. The highest BCUT2D eigenvalue weighted by Crippen LogP contribution is 2.33. The van der Waals surface area contributed by atoms with Gasteiger partial charge in [-0.2, -0.15) is 5.10 Å². The Kier molecular flexibility index (Phi) is 3.53. The molecule has 2 saturated heterocycles. The molecule has 2 aliphatic heterocycles. The zero-order valence-electron chi connectivity index (χ0n) is 13.2. The summed E-state index contributed by atoms with van der Waals surface area (Å²) in [7, 11) is 1.89. The maximum atomic E-state index is 12.8. The smallest absolute Gasteiger partial charge is 0.245 e. The second kappa shape index (κ2) is 5.10. The Morgan fingerprint density at radius 1 is 1.48 bits per heavy atom. The van der Waals surface area contributed by atoms with E-state index in [1.54, 1.807) is 4.68 Å². The van der Waals surface area contributed by atoms with Gasteiger partial charge in [-0.3, -0.25) is 19.3 Å². The number of nitrogens with two attached hydrogens (primary N) is 1. The van der Waals surface area contributed by atoms with Gasteiger partial charge in [0.25, 0.3) is 0 Å². The Morgan fingerprint density at radius 2 is 2.24 bits per heavy atom. The molecule has 2 N–H and O–H groups in total. The summed E-state index contributed by atoms with van der Waals surface area (Å²) in [6, 6.07) is 1.99. The first-order valence-electron chi connectivity index (χ1n) is 7.70. The molecule has 116 valence electrons. The van der Waals surface area contributed by atoms with Gasteiger partial charge in [-0.15, -0.1) is 0 Å². The van der Waals surface area contributed by atoms with Crippen molar-refractivity contribution >= 4 is 11.7 Å². The van der Waals surface area contributed by atoms with E-state index in [1.807, 2.05) is 24.9 Å². The minimum Gasteiger partial charge on any atom is -0.330 e. The molecule has 2 aliphatic rings.